The van der Waals surface area contributed by atoms with E-state index < -0.39 is 11.9 Å². The van der Waals surface area contributed by atoms with Crippen molar-refractivity contribution in [3.8, 4) is 5.75 Å². The molecule has 0 saturated carbocycles. The molecule has 0 fully saturated rings. The van der Waals surface area contributed by atoms with E-state index >= 15 is 0 Å². The summed E-state index contributed by atoms with van der Waals surface area (Å²) in [5.74, 6) is -0.199. The quantitative estimate of drug-likeness (QED) is 0.885. The average molecular weight is 278 g/mol. The molecule has 1 atom stereocenters. The summed E-state index contributed by atoms with van der Waals surface area (Å²) in [7, 11) is 0. The maximum absolute atomic E-state index is 13.5. The van der Waals surface area contributed by atoms with E-state index in [0.29, 0.717) is 16.8 Å². The number of aliphatic hydroxyl groups is 1. The monoisotopic (exact) mass is 277 g/mol. The van der Waals surface area contributed by atoms with Crippen molar-refractivity contribution in [3.05, 3.63) is 28.0 Å². The molecule has 1 unspecified atom stereocenters. The van der Waals surface area contributed by atoms with Crippen LogP contribution in [-0.4, -0.2) is 18.3 Å². The predicted octanol–water partition coefficient (Wildman–Crippen LogP) is 1.98. The van der Waals surface area contributed by atoms with Crippen LogP contribution in [0.1, 0.15) is 18.6 Å². The fraction of sp³-hybridized carbons (Fsp3) is 0.400. The van der Waals surface area contributed by atoms with Gasteiger partial charge in [0.2, 0.25) is 0 Å². The molecule has 0 heterocycles. The number of benzene rings is 1. The van der Waals surface area contributed by atoms with Gasteiger partial charge in [0, 0.05) is 6.54 Å². The summed E-state index contributed by atoms with van der Waals surface area (Å²) in [4.78, 5) is 0. The predicted molar refractivity (Wildman–Crippen MR) is 59.3 cm³/mol. The normalized spacial score (nSPS) is 12.6. The van der Waals surface area contributed by atoms with Gasteiger partial charge in [-0.1, -0.05) is 0 Å². The van der Waals surface area contributed by atoms with Gasteiger partial charge in [0.25, 0.3) is 0 Å². The van der Waals surface area contributed by atoms with Gasteiger partial charge in [-0.05, 0) is 35.0 Å². The zero-order valence-electron chi connectivity index (χ0n) is 8.34. The van der Waals surface area contributed by atoms with Crippen LogP contribution in [0.3, 0.4) is 0 Å². The van der Waals surface area contributed by atoms with Gasteiger partial charge in [-0.15, -0.1) is 0 Å². The van der Waals surface area contributed by atoms with Gasteiger partial charge >= 0.3 is 0 Å². The number of nitrogens with two attached hydrogens (primary N) is 1. The third kappa shape index (κ3) is 2.68. The first-order valence-corrected chi connectivity index (χ1v) is 5.39. The molecule has 0 aromatic heterocycles. The number of ether oxygens (including phenoxy) is 1. The molecule has 0 saturated heterocycles. The lowest BCUT2D eigenvalue weighted by Gasteiger charge is -2.16. The lowest BCUT2D eigenvalue weighted by Crippen LogP contribution is -2.15. The van der Waals surface area contributed by atoms with Crippen LogP contribution in [0.15, 0.2) is 16.6 Å². The lowest BCUT2D eigenvalue weighted by atomic mass is 10.1. The molecule has 1 aromatic rings. The maximum atomic E-state index is 13.5. The zero-order chi connectivity index (χ0) is 11.4. The summed E-state index contributed by atoms with van der Waals surface area (Å²) in [5.41, 5.74) is 5.41. The van der Waals surface area contributed by atoms with Crippen molar-refractivity contribution < 1.29 is 14.2 Å². The fourth-order valence-electron chi connectivity index (χ4n) is 1.27. The third-order valence-corrected chi connectivity index (χ3v) is 2.56. The first-order valence-electron chi connectivity index (χ1n) is 4.60. The van der Waals surface area contributed by atoms with Crippen LogP contribution in [0.5, 0.6) is 5.75 Å². The van der Waals surface area contributed by atoms with Gasteiger partial charge in [-0.3, -0.25) is 0 Å². The van der Waals surface area contributed by atoms with Crippen molar-refractivity contribution in [2.75, 3.05) is 13.2 Å². The zero-order valence-corrected chi connectivity index (χ0v) is 9.92. The maximum Gasteiger partial charge on any atom is 0.142 e. The molecule has 0 aliphatic carbocycles. The second-order valence-corrected chi connectivity index (χ2v) is 3.81. The Morgan fingerprint density at radius 2 is 2.27 bits per heavy atom. The fourth-order valence-corrected chi connectivity index (χ4v) is 1.73. The first-order chi connectivity index (χ1) is 7.11. The molecule has 3 N–H and O–H groups in total. The van der Waals surface area contributed by atoms with Gasteiger partial charge in [-0.2, -0.15) is 0 Å². The highest BCUT2D eigenvalue weighted by Gasteiger charge is 2.19. The summed E-state index contributed by atoms with van der Waals surface area (Å²) in [6.45, 7) is 2.13. The molecule has 1 aromatic carbocycles. The van der Waals surface area contributed by atoms with Crippen molar-refractivity contribution >= 4 is 15.9 Å². The molecule has 0 aliphatic rings. The Balaban J connectivity index is 3.24. The van der Waals surface area contributed by atoms with Crippen molar-refractivity contribution in [1.29, 1.82) is 0 Å². The molecular formula is C10H13BrFNO2. The Morgan fingerprint density at radius 1 is 1.60 bits per heavy atom. The number of halogens is 2. The second-order valence-electron chi connectivity index (χ2n) is 2.96. The van der Waals surface area contributed by atoms with E-state index in [4.69, 9.17) is 10.5 Å². The highest BCUT2D eigenvalue weighted by Crippen LogP contribution is 2.34. The molecule has 15 heavy (non-hydrogen) atoms. The number of rotatable bonds is 4. The van der Waals surface area contributed by atoms with Gasteiger partial charge in [0.15, 0.2) is 0 Å². The van der Waals surface area contributed by atoms with Gasteiger partial charge < -0.3 is 15.6 Å². The SMILES string of the molecule is CCOc1c(Br)ccc(F)c1C(O)CN. The Morgan fingerprint density at radius 3 is 2.80 bits per heavy atom. The van der Waals surface area contributed by atoms with E-state index in [1.165, 1.54) is 12.1 Å². The standard InChI is InChI=1S/C10H13BrFNO2/c1-2-15-10-6(11)3-4-7(12)9(10)8(14)5-13/h3-4,8,14H,2,5,13H2,1H3. The molecule has 5 heteroatoms. The molecule has 84 valence electrons. The number of hydrogen-bond acceptors (Lipinski definition) is 3. The molecular weight excluding hydrogens is 265 g/mol. The van der Waals surface area contributed by atoms with Crippen LogP contribution in [0.25, 0.3) is 0 Å². The van der Waals surface area contributed by atoms with Crippen LogP contribution < -0.4 is 10.5 Å². The summed E-state index contributed by atoms with van der Waals surface area (Å²) >= 11 is 3.24. The highest BCUT2D eigenvalue weighted by molar-refractivity contribution is 9.10. The Kier molecular flexibility index (Phi) is 4.50. The Labute approximate surface area is 96.2 Å². The molecule has 0 aliphatic heterocycles. The number of aliphatic hydroxyl groups excluding tert-OH is 1. The third-order valence-electron chi connectivity index (χ3n) is 1.94. The summed E-state index contributed by atoms with van der Waals surface area (Å²) in [6, 6.07) is 2.80. The first kappa shape index (κ1) is 12.4. The topological polar surface area (TPSA) is 55.5 Å². The summed E-state index contributed by atoms with van der Waals surface area (Å²) in [6.07, 6.45) is -1.05. The van der Waals surface area contributed by atoms with E-state index in [-0.39, 0.29) is 12.1 Å². The van der Waals surface area contributed by atoms with E-state index in [2.05, 4.69) is 15.9 Å². The van der Waals surface area contributed by atoms with Gasteiger partial charge in [0.05, 0.1) is 22.7 Å². The highest BCUT2D eigenvalue weighted by atomic mass is 79.9. The molecule has 0 radical (unpaired) electrons. The smallest absolute Gasteiger partial charge is 0.142 e. The Hall–Kier alpha value is -0.650. The minimum atomic E-state index is -1.05. The lowest BCUT2D eigenvalue weighted by molar-refractivity contribution is 0.174. The van der Waals surface area contributed by atoms with Crippen molar-refractivity contribution in [1.82, 2.24) is 0 Å². The van der Waals surface area contributed by atoms with Gasteiger partial charge in [0.1, 0.15) is 11.6 Å². The van der Waals surface area contributed by atoms with Gasteiger partial charge in [-0.25, -0.2) is 4.39 Å². The number of hydrogen-bond donors (Lipinski definition) is 2. The summed E-state index contributed by atoms with van der Waals surface area (Å²) < 4.78 is 19.3. The minimum Gasteiger partial charge on any atom is -0.492 e. The molecule has 0 spiro atoms. The van der Waals surface area contributed by atoms with Crippen molar-refractivity contribution in [2.45, 2.75) is 13.0 Å². The minimum absolute atomic E-state index is 0.0482. The molecule has 0 amide bonds. The largest absolute Gasteiger partial charge is 0.492 e. The van der Waals surface area contributed by atoms with Crippen LogP contribution in [0, 0.1) is 5.82 Å². The van der Waals surface area contributed by atoms with Crippen LogP contribution in [-0.2, 0) is 0 Å². The van der Waals surface area contributed by atoms with Crippen molar-refractivity contribution in [2.24, 2.45) is 5.73 Å². The summed E-state index contributed by atoms with van der Waals surface area (Å²) in [5, 5.41) is 9.58. The van der Waals surface area contributed by atoms with E-state index in [9.17, 15) is 9.50 Å². The Bertz CT molecular complexity index is 346. The molecule has 1 rings (SSSR count). The van der Waals surface area contributed by atoms with E-state index in [1.54, 1.807) is 6.92 Å². The van der Waals surface area contributed by atoms with E-state index in [0.717, 1.165) is 0 Å². The van der Waals surface area contributed by atoms with Crippen molar-refractivity contribution in [3.63, 3.8) is 0 Å². The van der Waals surface area contributed by atoms with E-state index in [1.807, 2.05) is 0 Å². The van der Waals surface area contributed by atoms with Crippen LogP contribution >= 0.6 is 15.9 Å². The van der Waals surface area contributed by atoms with Crippen LogP contribution in [0.4, 0.5) is 4.39 Å². The second kappa shape index (κ2) is 5.44. The molecule has 0 bridgehead atoms. The van der Waals surface area contributed by atoms with Crippen LogP contribution in [0.2, 0.25) is 0 Å². The average Bonchev–Trinajstić information content (AvgIpc) is 2.23. The molecule has 3 nitrogen and oxygen atoms in total.